The Morgan fingerprint density at radius 2 is 1.88 bits per heavy atom. The highest BCUT2D eigenvalue weighted by atomic mass is 32.1. The summed E-state index contributed by atoms with van der Waals surface area (Å²) in [5.41, 5.74) is 4.02. The maximum absolute atomic E-state index is 12.8. The highest BCUT2D eigenvalue weighted by Gasteiger charge is 2.21. The Bertz CT molecular complexity index is 1290. The first-order valence-electron chi connectivity index (χ1n) is 10.5. The zero-order valence-corrected chi connectivity index (χ0v) is 18.2. The van der Waals surface area contributed by atoms with Crippen molar-refractivity contribution >= 4 is 33.4 Å². The molecule has 0 atom stereocenters. The number of hydrogen-bond donors (Lipinski definition) is 3. The number of amides is 1. The lowest BCUT2D eigenvalue weighted by atomic mass is 10.1. The predicted molar refractivity (Wildman–Crippen MR) is 125 cm³/mol. The van der Waals surface area contributed by atoms with E-state index in [4.69, 9.17) is 9.72 Å². The van der Waals surface area contributed by atoms with Gasteiger partial charge in [-0.15, -0.1) is 11.3 Å². The van der Waals surface area contributed by atoms with Crippen molar-refractivity contribution in [1.82, 2.24) is 20.3 Å². The third kappa shape index (κ3) is 4.44. The molecule has 3 heterocycles. The van der Waals surface area contributed by atoms with Gasteiger partial charge in [-0.25, -0.2) is 9.78 Å². The quantitative estimate of drug-likeness (QED) is 0.420. The van der Waals surface area contributed by atoms with E-state index >= 15 is 0 Å². The molecule has 0 bridgehead atoms. The van der Waals surface area contributed by atoms with Crippen molar-refractivity contribution in [3.05, 3.63) is 69.5 Å². The van der Waals surface area contributed by atoms with Gasteiger partial charge >= 0.3 is 5.69 Å². The smallest absolute Gasteiger partial charge is 0.323 e. The number of fused-ring (bicyclic) bond motifs is 1. The Balaban J connectivity index is 1.32. The Morgan fingerprint density at radius 3 is 2.69 bits per heavy atom. The summed E-state index contributed by atoms with van der Waals surface area (Å²) in [5.74, 6) is -0.0676. The van der Waals surface area contributed by atoms with Gasteiger partial charge in [-0.3, -0.25) is 4.79 Å². The van der Waals surface area contributed by atoms with Crippen LogP contribution in [0.3, 0.4) is 0 Å². The second kappa shape index (κ2) is 8.97. The maximum Gasteiger partial charge on any atom is 0.323 e. The van der Waals surface area contributed by atoms with Gasteiger partial charge < -0.3 is 24.9 Å². The average molecular weight is 450 g/mol. The topological polar surface area (TPSA) is 103 Å². The summed E-state index contributed by atoms with van der Waals surface area (Å²) in [5, 5.41) is 3.92. The fourth-order valence-electron chi connectivity index (χ4n) is 3.77. The zero-order valence-electron chi connectivity index (χ0n) is 17.4. The molecule has 1 saturated heterocycles. The van der Waals surface area contributed by atoms with E-state index < -0.39 is 0 Å². The number of carbonyl (C=O) groups excluding carboxylic acids is 1. The van der Waals surface area contributed by atoms with Crippen LogP contribution in [-0.4, -0.2) is 47.2 Å². The number of nitrogens with one attached hydrogen (secondary N) is 3. The monoisotopic (exact) mass is 449 g/mol. The minimum Gasteiger partial charge on any atom is -0.378 e. The van der Waals surface area contributed by atoms with E-state index in [1.807, 2.05) is 48.5 Å². The number of hydrogen-bond acceptors (Lipinski definition) is 6. The van der Waals surface area contributed by atoms with E-state index in [-0.39, 0.29) is 18.0 Å². The lowest BCUT2D eigenvalue weighted by molar-refractivity contribution is -0.120. The van der Waals surface area contributed by atoms with Crippen LogP contribution in [0.25, 0.3) is 22.3 Å². The van der Waals surface area contributed by atoms with Crippen LogP contribution in [0, 0.1) is 0 Å². The van der Waals surface area contributed by atoms with Gasteiger partial charge in [-0.2, -0.15) is 0 Å². The molecule has 3 N–H and O–H groups in total. The van der Waals surface area contributed by atoms with Crippen LogP contribution >= 0.6 is 11.3 Å². The van der Waals surface area contributed by atoms with E-state index in [0.29, 0.717) is 19.8 Å². The molecule has 1 aliphatic heterocycles. The van der Waals surface area contributed by atoms with Crippen LogP contribution in [0.5, 0.6) is 0 Å². The highest BCUT2D eigenvalue weighted by Crippen LogP contribution is 2.34. The molecule has 0 radical (unpaired) electrons. The number of H-pyrrole nitrogens is 2. The largest absolute Gasteiger partial charge is 0.378 e. The first-order valence-corrected chi connectivity index (χ1v) is 11.3. The van der Waals surface area contributed by atoms with Gasteiger partial charge in [0.25, 0.3) is 0 Å². The number of anilines is 1. The second-order valence-electron chi connectivity index (χ2n) is 7.65. The standard InChI is InChI=1S/C23H23N5O3S/c29-20(24-14-15-6-7-17-18(12-15)26-22(30)25-17)13-19-21(16-4-2-1-3-5-16)27-23(32-19)28-8-10-31-11-9-28/h1-7,12H,8-11,13-14H2,(H,24,29)(H2,25,26,30). The van der Waals surface area contributed by atoms with Crippen molar-refractivity contribution in [2.75, 3.05) is 31.2 Å². The van der Waals surface area contributed by atoms with Crippen molar-refractivity contribution in [2.45, 2.75) is 13.0 Å². The van der Waals surface area contributed by atoms with Gasteiger partial charge in [0.05, 0.1) is 36.4 Å². The summed E-state index contributed by atoms with van der Waals surface area (Å²) in [7, 11) is 0. The minimum atomic E-state index is -0.240. The molecule has 32 heavy (non-hydrogen) atoms. The van der Waals surface area contributed by atoms with Gasteiger partial charge in [-0.1, -0.05) is 36.4 Å². The first kappa shape index (κ1) is 20.5. The van der Waals surface area contributed by atoms with Crippen LogP contribution in [0.1, 0.15) is 10.4 Å². The molecule has 0 spiro atoms. The van der Waals surface area contributed by atoms with Crippen LogP contribution in [0.15, 0.2) is 53.3 Å². The molecule has 0 saturated carbocycles. The van der Waals surface area contributed by atoms with Gasteiger partial charge in [0.15, 0.2) is 5.13 Å². The molecule has 164 valence electrons. The fourth-order valence-corrected chi connectivity index (χ4v) is 4.90. The maximum atomic E-state index is 12.8. The van der Waals surface area contributed by atoms with Crippen molar-refractivity contribution in [1.29, 1.82) is 0 Å². The zero-order chi connectivity index (χ0) is 21.9. The molecule has 2 aromatic carbocycles. The molecule has 0 aliphatic carbocycles. The molecule has 9 heteroatoms. The summed E-state index contributed by atoms with van der Waals surface area (Å²) in [6.45, 7) is 3.37. The van der Waals surface area contributed by atoms with E-state index in [0.717, 1.165) is 51.0 Å². The molecule has 5 rings (SSSR count). The number of ether oxygens (including phenoxy) is 1. The molecular formula is C23H23N5O3S. The predicted octanol–water partition coefficient (Wildman–Crippen LogP) is 2.68. The number of benzene rings is 2. The summed E-state index contributed by atoms with van der Waals surface area (Å²) in [6.07, 6.45) is 0.259. The Labute approximate surface area is 188 Å². The SMILES string of the molecule is O=C(Cc1sc(N2CCOCC2)nc1-c1ccccc1)NCc1ccc2[nH]c(=O)[nH]c2c1. The number of morpholine rings is 1. The number of nitrogens with zero attached hydrogens (tertiary/aromatic N) is 2. The summed E-state index contributed by atoms with van der Waals surface area (Å²) in [4.78, 5) is 37.7. The number of thiazole rings is 1. The van der Waals surface area contributed by atoms with Gasteiger partial charge in [0, 0.05) is 30.1 Å². The third-order valence-electron chi connectivity index (χ3n) is 5.41. The lowest BCUT2D eigenvalue weighted by Gasteiger charge is -2.26. The minimum absolute atomic E-state index is 0.0676. The van der Waals surface area contributed by atoms with Crippen LogP contribution in [0.4, 0.5) is 5.13 Å². The van der Waals surface area contributed by atoms with E-state index in [9.17, 15) is 9.59 Å². The van der Waals surface area contributed by atoms with Crippen LogP contribution < -0.4 is 15.9 Å². The molecule has 1 aliphatic rings. The molecule has 8 nitrogen and oxygen atoms in total. The summed E-state index contributed by atoms with van der Waals surface area (Å²) in [6, 6.07) is 15.6. The first-order chi connectivity index (χ1) is 15.7. The molecule has 0 unspecified atom stereocenters. The Kier molecular flexibility index (Phi) is 5.74. The number of rotatable bonds is 6. The van der Waals surface area contributed by atoms with Crippen molar-refractivity contribution in [3.63, 3.8) is 0 Å². The molecule has 4 aromatic rings. The third-order valence-corrected chi connectivity index (χ3v) is 6.52. The summed E-state index contributed by atoms with van der Waals surface area (Å²) < 4.78 is 5.46. The Hall–Kier alpha value is -3.43. The van der Waals surface area contributed by atoms with Crippen LogP contribution in [0.2, 0.25) is 0 Å². The van der Waals surface area contributed by atoms with Crippen molar-refractivity contribution in [3.8, 4) is 11.3 Å². The van der Waals surface area contributed by atoms with E-state index in [2.05, 4.69) is 20.2 Å². The van der Waals surface area contributed by atoms with Crippen molar-refractivity contribution in [2.24, 2.45) is 0 Å². The van der Waals surface area contributed by atoms with Crippen molar-refractivity contribution < 1.29 is 9.53 Å². The van der Waals surface area contributed by atoms with E-state index in [1.54, 1.807) is 11.3 Å². The van der Waals surface area contributed by atoms with E-state index in [1.165, 1.54) is 0 Å². The Morgan fingerprint density at radius 1 is 1.09 bits per heavy atom. The molecule has 2 aromatic heterocycles. The second-order valence-corrected chi connectivity index (χ2v) is 8.71. The van der Waals surface area contributed by atoms with Crippen LogP contribution in [-0.2, 0) is 22.5 Å². The number of aromatic amines is 2. The van der Waals surface area contributed by atoms with Gasteiger partial charge in [0.1, 0.15) is 0 Å². The molecular weight excluding hydrogens is 426 g/mol. The molecule has 1 fully saturated rings. The van der Waals surface area contributed by atoms with Gasteiger partial charge in [0.2, 0.25) is 5.91 Å². The highest BCUT2D eigenvalue weighted by molar-refractivity contribution is 7.16. The average Bonchev–Trinajstić information content (AvgIpc) is 3.41. The number of imidazole rings is 1. The van der Waals surface area contributed by atoms with Gasteiger partial charge in [-0.05, 0) is 17.7 Å². The fraction of sp³-hybridized carbons (Fsp3) is 0.261. The molecule has 1 amide bonds. The normalized spacial score (nSPS) is 14.1. The number of carbonyl (C=O) groups is 1. The summed E-state index contributed by atoms with van der Waals surface area (Å²) >= 11 is 1.57. The lowest BCUT2D eigenvalue weighted by Crippen LogP contribution is -2.36. The number of aromatic nitrogens is 3.